The number of aliphatic hydroxyl groups is 1. The van der Waals surface area contributed by atoms with Crippen molar-refractivity contribution >= 4 is 39.5 Å². The van der Waals surface area contributed by atoms with Crippen molar-refractivity contribution in [3.05, 3.63) is 0 Å². The number of carbonyl (C=O) groups excluding carboxylic acids is 4. The van der Waals surface area contributed by atoms with E-state index >= 15 is 0 Å². The first-order valence-electron chi connectivity index (χ1n) is 38.4. The van der Waals surface area contributed by atoms with Gasteiger partial charge in [-0.25, -0.2) is 9.13 Å². The topological polar surface area (TPSA) is 237 Å². The Labute approximate surface area is 568 Å². The molecule has 3 N–H and O–H groups in total. The minimum Gasteiger partial charge on any atom is -0.462 e. The van der Waals surface area contributed by atoms with Crippen molar-refractivity contribution in [2.45, 2.75) is 394 Å². The van der Waals surface area contributed by atoms with E-state index in [2.05, 4.69) is 48.5 Å². The normalized spacial score (nSPS) is 14.4. The molecule has 0 aromatic heterocycles. The lowest BCUT2D eigenvalue weighted by Gasteiger charge is -2.21. The van der Waals surface area contributed by atoms with Gasteiger partial charge in [-0.1, -0.05) is 325 Å². The van der Waals surface area contributed by atoms with Gasteiger partial charge in [-0.05, 0) is 43.4 Å². The van der Waals surface area contributed by atoms with Crippen LogP contribution in [0.4, 0.5) is 0 Å². The third kappa shape index (κ3) is 67.0. The molecule has 3 unspecified atom stereocenters. The van der Waals surface area contributed by atoms with Crippen LogP contribution in [0.2, 0.25) is 0 Å². The summed E-state index contributed by atoms with van der Waals surface area (Å²) in [5.41, 5.74) is 0. The van der Waals surface area contributed by atoms with Gasteiger partial charge in [0.1, 0.15) is 19.3 Å². The number of phosphoric ester groups is 2. The third-order valence-electron chi connectivity index (χ3n) is 17.5. The van der Waals surface area contributed by atoms with E-state index in [-0.39, 0.29) is 25.7 Å². The van der Waals surface area contributed by atoms with E-state index in [0.29, 0.717) is 25.7 Å². The minimum absolute atomic E-state index is 0.106. The molecule has 19 heteroatoms. The molecule has 0 aliphatic rings. The molecule has 0 heterocycles. The number of rotatable bonds is 72. The fourth-order valence-corrected chi connectivity index (χ4v) is 12.8. The van der Waals surface area contributed by atoms with Gasteiger partial charge >= 0.3 is 39.5 Å². The molecule has 0 rings (SSSR count). The molecule has 0 amide bonds. The molecule has 93 heavy (non-hydrogen) atoms. The summed E-state index contributed by atoms with van der Waals surface area (Å²) in [4.78, 5) is 72.7. The van der Waals surface area contributed by atoms with Gasteiger partial charge in [0.25, 0.3) is 0 Å². The van der Waals surface area contributed by atoms with Crippen LogP contribution in [0.5, 0.6) is 0 Å². The summed E-state index contributed by atoms with van der Waals surface area (Å²) in [6, 6.07) is 0. The number of esters is 4. The monoisotopic (exact) mass is 1370 g/mol. The van der Waals surface area contributed by atoms with Crippen molar-refractivity contribution in [3.8, 4) is 0 Å². The van der Waals surface area contributed by atoms with E-state index in [1.165, 1.54) is 186 Å². The highest BCUT2D eigenvalue weighted by Gasteiger charge is 2.30. The van der Waals surface area contributed by atoms with E-state index in [4.69, 9.17) is 37.0 Å². The zero-order valence-corrected chi connectivity index (χ0v) is 62.5. The summed E-state index contributed by atoms with van der Waals surface area (Å²) in [5.74, 6) is 0.203. The first kappa shape index (κ1) is 91.1. The molecule has 0 aromatic rings. The second-order valence-electron chi connectivity index (χ2n) is 27.9. The van der Waals surface area contributed by atoms with Crippen molar-refractivity contribution in [2.75, 3.05) is 39.6 Å². The molecule has 6 atom stereocenters. The van der Waals surface area contributed by atoms with Gasteiger partial charge in [-0.3, -0.25) is 37.3 Å². The first-order valence-corrected chi connectivity index (χ1v) is 41.4. The van der Waals surface area contributed by atoms with Crippen LogP contribution in [0.25, 0.3) is 0 Å². The van der Waals surface area contributed by atoms with Gasteiger partial charge in [0, 0.05) is 25.7 Å². The molecule has 552 valence electrons. The number of ether oxygens (including phenoxy) is 4. The maximum absolute atomic E-state index is 13.1. The van der Waals surface area contributed by atoms with Crippen LogP contribution in [0.3, 0.4) is 0 Å². The Morgan fingerprint density at radius 3 is 0.817 bits per heavy atom. The molecule has 0 radical (unpaired) electrons. The molecule has 17 nitrogen and oxygen atoms in total. The number of aliphatic hydroxyl groups excluding tert-OH is 1. The second-order valence-corrected chi connectivity index (χ2v) is 30.8. The molecule has 0 saturated heterocycles. The number of hydrogen-bond donors (Lipinski definition) is 3. The van der Waals surface area contributed by atoms with Crippen molar-refractivity contribution in [3.63, 3.8) is 0 Å². The number of phosphoric acid groups is 2. The summed E-state index contributed by atoms with van der Waals surface area (Å²) >= 11 is 0. The Morgan fingerprint density at radius 2 is 0.548 bits per heavy atom. The lowest BCUT2D eigenvalue weighted by Crippen LogP contribution is -2.30. The lowest BCUT2D eigenvalue weighted by molar-refractivity contribution is -0.161. The first-order chi connectivity index (χ1) is 44.8. The highest BCUT2D eigenvalue weighted by molar-refractivity contribution is 7.47. The molecule has 0 spiro atoms. The minimum atomic E-state index is -4.96. The molecule has 0 bridgehead atoms. The maximum Gasteiger partial charge on any atom is 0.472 e. The third-order valence-corrected chi connectivity index (χ3v) is 19.4. The summed E-state index contributed by atoms with van der Waals surface area (Å²) in [6.07, 6.45) is 49.8. The van der Waals surface area contributed by atoms with Crippen molar-refractivity contribution in [2.24, 2.45) is 17.8 Å². The summed E-state index contributed by atoms with van der Waals surface area (Å²) in [7, 11) is -9.91. The predicted octanol–water partition coefficient (Wildman–Crippen LogP) is 21.4. The van der Waals surface area contributed by atoms with Crippen molar-refractivity contribution < 1.29 is 80.2 Å². The number of hydrogen-bond acceptors (Lipinski definition) is 15. The average Bonchev–Trinajstić information content (AvgIpc) is 1.66. The van der Waals surface area contributed by atoms with Gasteiger partial charge in [0.05, 0.1) is 26.4 Å². The van der Waals surface area contributed by atoms with Gasteiger partial charge in [-0.2, -0.15) is 0 Å². The van der Waals surface area contributed by atoms with Crippen LogP contribution in [-0.2, 0) is 65.4 Å². The van der Waals surface area contributed by atoms with Gasteiger partial charge in [0.15, 0.2) is 12.2 Å². The zero-order valence-electron chi connectivity index (χ0n) is 60.7. The van der Waals surface area contributed by atoms with Crippen LogP contribution >= 0.6 is 15.6 Å². The van der Waals surface area contributed by atoms with Crippen molar-refractivity contribution in [1.29, 1.82) is 0 Å². The van der Waals surface area contributed by atoms with E-state index < -0.39 is 97.5 Å². The van der Waals surface area contributed by atoms with E-state index in [0.717, 1.165) is 108 Å². The zero-order chi connectivity index (χ0) is 68.7. The standard InChI is InChI=1S/C74H144O17P2/c1-8-10-11-12-13-14-15-20-27-36-43-50-57-73(78)91-70(62-85-72(77)56-49-42-35-30-29-32-39-46-53-66(5)6)64-89-93(82,83)87-60-68(75)59-86-92(80,81)88-63-69(61-84-71(76)55-48-41-34-26-23-22-25-33-40-47-54-67(7)9-2)90-74(79)58-51-44-37-28-21-18-16-17-19-24-31-38-45-52-65(3)4/h65-70,75H,8-64H2,1-7H3,(H,80,81)(H,82,83)/t67?,68-,69-,70-/m1/s1. The number of carbonyl (C=O) groups is 4. The maximum atomic E-state index is 13.1. The van der Waals surface area contributed by atoms with Crippen molar-refractivity contribution in [1.82, 2.24) is 0 Å². The van der Waals surface area contributed by atoms with Gasteiger partial charge < -0.3 is 33.8 Å². The van der Waals surface area contributed by atoms with Crippen LogP contribution in [-0.4, -0.2) is 96.7 Å². The van der Waals surface area contributed by atoms with Gasteiger partial charge in [-0.15, -0.1) is 0 Å². The van der Waals surface area contributed by atoms with Gasteiger partial charge in [0.2, 0.25) is 0 Å². The van der Waals surface area contributed by atoms with Crippen LogP contribution < -0.4 is 0 Å². The highest BCUT2D eigenvalue weighted by atomic mass is 31.2. The van der Waals surface area contributed by atoms with E-state index in [9.17, 15) is 43.2 Å². The molecule has 0 saturated carbocycles. The smallest absolute Gasteiger partial charge is 0.462 e. The number of unbranched alkanes of at least 4 members (excludes halogenated alkanes) is 39. The molecule has 0 aromatic carbocycles. The van der Waals surface area contributed by atoms with E-state index in [1.54, 1.807) is 0 Å². The second kappa shape index (κ2) is 64.7. The Hall–Kier alpha value is -1.94. The Kier molecular flexibility index (Phi) is 63.4. The molecular formula is C74H144O17P2. The summed E-state index contributed by atoms with van der Waals surface area (Å²) in [6.45, 7) is 11.9. The molecule has 0 fully saturated rings. The van der Waals surface area contributed by atoms with Crippen LogP contribution in [0, 0.1) is 17.8 Å². The fraction of sp³-hybridized carbons (Fsp3) is 0.946. The van der Waals surface area contributed by atoms with E-state index in [1.807, 2.05) is 0 Å². The molecule has 0 aliphatic carbocycles. The quantitative estimate of drug-likeness (QED) is 0.0222. The van der Waals surface area contributed by atoms with Crippen LogP contribution in [0.1, 0.15) is 376 Å². The molecular weight excluding hydrogens is 1220 g/mol. The average molecular weight is 1370 g/mol. The lowest BCUT2D eigenvalue weighted by atomic mass is 9.99. The van der Waals surface area contributed by atoms with Crippen LogP contribution in [0.15, 0.2) is 0 Å². The fourth-order valence-electron chi connectivity index (χ4n) is 11.2. The SMILES string of the molecule is CCCCCCCCCCCCCCC(=O)O[C@H](COC(=O)CCCCCCCCCCC(C)C)COP(=O)(O)OC[C@H](O)COP(=O)(O)OC[C@@H](COC(=O)CCCCCCCCCCCCC(C)CC)OC(=O)CCCCCCCCCCCCCCCC(C)C. The Morgan fingerprint density at radius 1 is 0.312 bits per heavy atom. The summed E-state index contributed by atoms with van der Waals surface area (Å²) in [5, 5.41) is 10.6. The summed E-state index contributed by atoms with van der Waals surface area (Å²) < 4.78 is 68.5. The largest absolute Gasteiger partial charge is 0.472 e. The Bertz CT molecular complexity index is 1820. The predicted molar refractivity (Wildman–Crippen MR) is 377 cm³/mol. The molecule has 0 aliphatic heterocycles. The highest BCUT2D eigenvalue weighted by Crippen LogP contribution is 2.45. The Balaban J connectivity index is 5.26.